The summed E-state index contributed by atoms with van der Waals surface area (Å²) in [5, 5.41) is 2.97. The van der Waals surface area contributed by atoms with Gasteiger partial charge in [-0.3, -0.25) is 9.59 Å². The Balaban J connectivity index is 2.04. The first-order chi connectivity index (χ1) is 11.5. The molecule has 1 fully saturated rings. The molecule has 3 N–H and O–H groups in total. The highest BCUT2D eigenvalue weighted by Crippen LogP contribution is 2.31. The van der Waals surface area contributed by atoms with Crippen molar-refractivity contribution in [2.75, 3.05) is 7.11 Å². The summed E-state index contributed by atoms with van der Waals surface area (Å²) in [4.78, 5) is 24.1. The predicted molar refractivity (Wildman–Crippen MR) is 92.2 cm³/mol. The topological polar surface area (TPSA) is 81.4 Å². The summed E-state index contributed by atoms with van der Waals surface area (Å²) >= 11 is 0. The Bertz CT molecular complexity index is 810. The van der Waals surface area contributed by atoms with Crippen LogP contribution in [0.3, 0.4) is 0 Å². The number of primary amides is 1. The Hall–Kier alpha value is -2.82. The average Bonchev–Trinajstić information content (AvgIpc) is 3.38. The SMILES string of the molecule is COc1ccc(-c2cc(C(=O)NC3CC3)ccc2C)c(C(N)=O)c1. The third-order valence-electron chi connectivity index (χ3n) is 4.19. The summed E-state index contributed by atoms with van der Waals surface area (Å²) in [6.07, 6.45) is 2.07. The summed E-state index contributed by atoms with van der Waals surface area (Å²) in [7, 11) is 1.54. The standard InChI is InChI=1S/C19H20N2O3/c1-11-3-4-12(19(23)21-13-5-6-13)9-16(11)15-8-7-14(24-2)10-17(15)18(20)22/h3-4,7-10,13H,5-6H2,1-2H3,(H2,20,22)(H,21,23). The van der Waals surface area contributed by atoms with Crippen molar-refractivity contribution in [3.63, 3.8) is 0 Å². The van der Waals surface area contributed by atoms with Crippen molar-refractivity contribution in [1.82, 2.24) is 5.32 Å². The van der Waals surface area contributed by atoms with Gasteiger partial charge in [-0.25, -0.2) is 0 Å². The lowest BCUT2D eigenvalue weighted by Crippen LogP contribution is -2.25. The molecule has 0 atom stereocenters. The highest BCUT2D eigenvalue weighted by atomic mass is 16.5. The van der Waals surface area contributed by atoms with Gasteiger partial charge < -0.3 is 15.8 Å². The first-order valence-electron chi connectivity index (χ1n) is 7.89. The number of methoxy groups -OCH3 is 1. The fourth-order valence-electron chi connectivity index (χ4n) is 2.64. The van der Waals surface area contributed by atoms with Gasteiger partial charge in [0, 0.05) is 11.6 Å². The van der Waals surface area contributed by atoms with Crippen LogP contribution in [0.15, 0.2) is 36.4 Å². The fourth-order valence-corrected chi connectivity index (χ4v) is 2.64. The van der Waals surface area contributed by atoms with Gasteiger partial charge in [0.05, 0.1) is 12.7 Å². The van der Waals surface area contributed by atoms with Crippen LogP contribution in [-0.4, -0.2) is 25.0 Å². The van der Waals surface area contributed by atoms with E-state index in [-0.39, 0.29) is 5.91 Å². The van der Waals surface area contributed by atoms with Gasteiger partial charge in [-0.2, -0.15) is 0 Å². The molecule has 5 heteroatoms. The molecule has 3 rings (SSSR count). The molecular weight excluding hydrogens is 304 g/mol. The molecule has 1 aliphatic carbocycles. The number of amides is 2. The van der Waals surface area contributed by atoms with E-state index in [1.807, 2.05) is 13.0 Å². The lowest BCUT2D eigenvalue weighted by Gasteiger charge is -2.13. The molecule has 0 aliphatic heterocycles. The number of carbonyl (C=O) groups excluding carboxylic acids is 2. The van der Waals surface area contributed by atoms with Gasteiger partial charge >= 0.3 is 0 Å². The van der Waals surface area contributed by atoms with E-state index in [0.717, 1.165) is 24.0 Å². The second-order valence-electron chi connectivity index (χ2n) is 6.05. The lowest BCUT2D eigenvalue weighted by atomic mass is 9.93. The van der Waals surface area contributed by atoms with Crippen LogP contribution in [0.1, 0.15) is 39.1 Å². The van der Waals surface area contributed by atoms with Gasteiger partial charge in [0.2, 0.25) is 5.91 Å². The first-order valence-corrected chi connectivity index (χ1v) is 7.89. The van der Waals surface area contributed by atoms with Gasteiger partial charge in [0.1, 0.15) is 5.75 Å². The quantitative estimate of drug-likeness (QED) is 0.887. The average molecular weight is 324 g/mol. The molecule has 0 saturated heterocycles. The molecule has 0 radical (unpaired) electrons. The van der Waals surface area contributed by atoms with Crippen molar-refractivity contribution >= 4 is 11.8 Å². The maximum atomic E-state index is 12.3. The summed E-state index contributed by atoms with van der Waals surface area (Å²) < 4.78 is 5.17. The van der Waals surface area contributed by atoms with Crippen LogP contribution in [0.25, 0.3) is 11.1 Å². The molecular formula is C19H20N2O3. The normalized spacial score (nSPS) is 13.4. The predicted octanol–water partition coefficient (Wildman–Crippen LogP) is 2.66. The van der Waals surface area contributed by atoms with Crippen LogP contribution in [-0.2, 0) is 0 Å². The van der Waals surface area contributed by atoms with Crippen LogP contribution < -0.4 is 15.8 Å². The highest BCUT2D eigenvalue weighted by Gasteiger charge is 2.24. The van der Waals surface area contributed by atoms with Crippen LogP contribution in [0.5, 0.6) is 5.75 Å². The van der Waals surface area contributed by atoms with Gasteiger partial charge in [-0.05, 0) is 66.8 Å². The van der Waals surface area contributed by atoms with E-state index in [2.05, 4.69) is 5.32 Å². The number of carbonyl (C=O) groups is 2. The Morgan fingerprint density at radius 1 is 1.12 bits per heavy atom. The number of aryl methyl sites for hydroxylation is 1. The maximum absolute atomic E-state index is 12.3. The van der Waals surface area contributed by atoms with Crippen molar-refractivity contribution in [3.05, 3.63) is 53.1 Å². The summed E-state index contributed by atoms with van der Waals surface area (Å²) in [6.45, 7) is 1.94. The lowest BCUT2D eigenvalue weighted by molar-refractivity contribution is 0.0950. The number of rotatable bonds is 5. The number of ether oxygens (including phenoxy) is 1. The molecule has 2 aromatic rings. The van der Waals surface area contributed by atoms with E-state index in [0.29, 0.717) is 28.5 Å². The minimum Gasteiger partial charge on any atom is -0.497 e. The van der Waals surface area contributed by atoms with Crippen LogP contribution in [0, 0.1) is 6.92 Å². The second kappa shape index (κ2) is 6.35. The third kappa shape index (κ3) is 3.25. The van der Waals surface area contributed by atoms with E-state index >= 15 is 0 Å². The Morgan fingerprint density at radius 2 is 1.88 bits per heavy atom. The third-order valence-corrected chi connectivity index (χ3v) is 4.19. The second-order valence-corrected chi connectivity index (χ2v) is 6.05. The van der Waals surface area contributed by atoms with E-state index in [9.17, 15) is 9.59 Å². The minimum atomic E-state index is -0.531. The first kappa shape index (κ1) is 16.1. The highest BCUT2D eigenvalue weighted by molar-refractivity contribution is 6.02. The zero-order valence-corrected chi connectivity index (χ0v) is 13.8. The Kier molecular flexibility index (Phi) is 4.25. The largest absolute Gasteiger partial charge is 0.497 e. The summed E-state index contributed by atoms with van der Waals surface area (Å²) in [6, 6.07) is 11.0. The van der Waals surface area contributed by atoms with Crippen LogP contribution in [0.2, 0.25) is 0 Å². The fraction of sp³-hybridized carbons (Fsp3) is 0.263. The Morgan fingerprint density at radius 3 is 2.50 bits per heavy atom. The molecule has 0 aromatic heterocycles. The zero-order valence-electron chi connectivity index (χ0n) is 13.8. The van der Waals surface area contributed by atoms with Gasteiger partial charge in [0.15, 0.2) is 0 Å². The van der Waals surface area contributed by atoms with Crippen molar-refractivity contribution in [2.24, 2.45) is 5.73 Å². The monoisotopic (exact) mass is 324 g/mol. The van der Waals surface area contributed by atoms with Crippen LogP contribution in [0.4, 0.5) is 0 Å². The number of nitrogens with one attached hydrogen (secondary N) is 1. The molecule has 24 heavy (non-hydrogen) atoms. The maximum Gasteiger partial charge on any atom is 0.251 e. The number of hydrogen-bond acceptors (Lipinski definition) is 3. The van der Waals surface area contributed by atoms with Gasteiger partial charge in [-0.1, -0.05) is 6.07 Å². The van der Waals surface area contributed by atoms with E-state index in [1.165, 1.54) is 7.11 Å². The Labute approximate surface area is 140 Å². The zero-order chi connectivity index (χ0) is 17.3. The molecule has 5 nitrogen and oxygen atoms in total. The molecule has 1 saturated carbocycles. The molecule has 0 unspecified atom stereocenters. The summed E-state index contributed by atoms with van der Waals surface area (Å²) in [5.74, 6) is -0.0585. The number of nitrogens with two attached hydrogens (primary N) is 1. The molecule has 0 bridgehead atoms. The number of benzene rings is 2. The molecule has 2 amide bonds. The van der Waals surface area contributed by atoms with E-state index < -0.39 is 5.91 Å². The van der Waals surface area contributed by atoms with E-state index in [4.69, 9.17) is 10.5 Å². The molecule has 1 aliphatic rings. The molecule has 0 heterocycles. The van der Waals surface area contributed by atoms with Crippen molar-refractivity contribution in [3.8, 4) is 16.9 Å². The summed E-state index contributed by atoms with van der Waals surface area (Å²) in [5.41, 5.74) is 8.95. The number of hydrogen-bond donors (Lipinski definition) is 2. The minimum absolute atomic E-state index is 0.0899. The molecule has 0 spiro atoms. The molecule has 124 valence electrons. The van der Waals surface area contributed by atoms with Gasteiger partial charge in [-0.15, -0.1) is 0 Å². The van der Waals surface area contributed by atoms with Crippen molar-refractivity contribution < 1.29 is 14.3 Å². The van der Waals surface area contributed by atoms with Crippen molar-refractivity contribution in [2.45, 2.75) is 25.8 Å². The van der Waals surface area contributed by atoms with E-state index in [1.54, 1.807) is 30.3 Å². The molecule has 2 aromatic carbocycles. The van der Waals surface area contributed by atoms with Crippen molar-refractivity contribution in [1.29, 1.82) is 0 Å². The van der Waals surface area contributed by atoms with Crippen LogP contribution >= 0.6 is 0 Å². The van der Waals surface area contributed by atoms with Gasteiger partial charge in [0.25, 0.3) is 5.91 Å². The smallest absolute Gasteiger partial charge is 0.251 e.